The number of primary amides is 1. The first kappa shape index (κ1) is 39.7. The average Bonchev–Trinajstić information content (AvgIpc) is 3.12. The zero-order chi connectivity index (χ0) is 40.1. The molecule has 55 heavy (non-hydrogen) atoms. The van der Waals surface area contributed by atoms with E-state index >= 15 is 0 Å². The minimum Gasteiger partial charge on any atom is -0.510 e. The SMILES string of the molecule is CCOP(=O)(OCC)C(Nc1ccccc1)c1ccc(-c2cc(N(C)C)c3c(c2O)C(=O)C2=C(O)[C@]4(O)C(=O)C(C(N)=O)=C(O)[C@H](N(C)C)[C@@H]4C[C@@H]2C3)cc1. The van der Waals surface area contributed by atoms with E-state index < -0.39 is 71.4 Å². The number of aromatic hydroxyl groups is 1. The van der Waals surface area contributed by atoms with Crippen LogP contribution in [0.2, 0.25) is 0 Å². The van der Waals surface area contributed by atoms with Gasteiger partial charge in [-0.2, -0.15) is 0 Å². The van der Waals surface area contributed by atoms with Crippen LogP contribution in [0.4, 0.5) is 11.4 Å². The van der Waals surface area contributed by atoms with E-state index in [0.717, 1.165) is 0 Å². The van der Waals surface area contributed by atoms with Gasteiger partial charge in [0.25, 0.3) is 5.91 Å². The highest BCUT2D eigenvalue weighted by Crippen LogP contribution is 2.61. The maximum absolute atomic E-state index is 14.6. The van der Waals surface area contributed by atoms with Crippen LogP contribution in [-0.2, 0) is 29.6 Å². The van der Waals surface area contributed by atoms with Crippen molar-refractivity contribution in [3.63, 3.8) is 0 Å². The topological polar surface area (TPSA) is 212 Å². The zero-order valence-electron chi connectivity index (χ0n) is 31.6. The fourth-order valence-corrected chi connectivity index (χ4v) is 10.3. The first-order chi connectivity index (χ1) is 26.0. The number of amides is 1. The number of anilines is 2. The lowest BCUT2D eigenvalue weighted by Gasteiger charge is -2.50. The second kappa shape index (κ2) is 14.9. The molecule has 15 heteroatoms. The lowest BCUT2D eigenvalue weighted by Crippen LogP contribution is -2.63. The Labute approximate surface area is 319 Å². The largest absolute Gasteiger partial charge is 0.510 e. The Morgan fingerprint density at radius 2 is 1.62 bits per heavy atom. The van der Waals surface area contributed by atoms with E-state index in [4.69, 9.17) is 14.8 Å². The molecule has 3 aromatic carbocycles. The molecule has 3 aliphatic carbocycles. The molecule has 3 aliphatic rings. The highest BCUT2D eigenvalue weighted by atomic mass is 31.2. The Morgan fingerprint density at radius 3 is 2.16 bits per heavy atom. The number of nitrogens with zero attached hydrogens (tertiary/aromatic N) is 2. The molecule has 7 N–H and O–H groups in total. The molecule has 0 aliphatic heterocycles. The summed E-state index contributed by atoms with van der Waals surface area (Å²) in [6, 6.07) is 16.8. The van der Waals surface area contributed by atoms with E-state index in [1.54, 1.807) is 77.3 Å². The number of ketones is 2. The van der Waals surface area contributed by atoms with Crippen molar-refractivity contribution in [3.8, 4) is 16.9 Å². The summed E-state index contributed by atoms with van der Waals surface area (Å²) in [6.07, 6.45) is 0.125. The third kappa shape index (κ3) is 6.51. The van der Waals surface area contributed by atoms with E-state index in [0.29, 0.717) is 28.1 Å². The van der Waals surface area contributed by atoms with Gasteiger partial charge in [0.15, 0.2) is 17.2 Å². The normalized spacial score (nSPS) is 22.9. The number of rotatable bonds is 12. The first-order valence-corrected chi connectivity index (χ1v) is 19.6. The van der Waals surface area contributed by atoms with E-state index in [1.807, 2.05) is 30.3 Å². The van der Waals surface area contributed by atoms with Crippen LogP contribution in [0.1, 0.15) is 47.5 Å². The lowest BCUT2D eigenvalue weighted by atomic mass is 9.58. The Kier molecular flexibility index (Phi) is 10.8. The molecule has 0 aromatic heterocycles. The Hall–Kier alpha value is -4.98. The molecule has 0 fully saturated rings. The summed E-state index contributed by atoms with van der Waals surface area (Å²) in [5.41, 5.74) is 4.68. The number of hydrogen-bond acceptors (Lipinski definition) is 13. The van der Waals surface area contributed by atoms with E-state index in [1.165, 1.54) is 4.90 Å². The molecule has 0 spiro atoms. The van der Waals surface area contributed by atoms with Crippen molar-refractivity contribution in [2.24, 2.45) is 17.6 Å². The number of carbonyl (C=O) groups excluding carboxylic acids is 3. The van der Waals surface area contributed by atoms with E-state index in [9.17, 15) is 39.4 Å². The van der Waals surface area contributed by atoms with Gasteiger partial charge in [-0.1, -0.05) is 42.5 Å². The second-order valence-electron chi connectivity index (χ2n) is 14.4. The molecule has 0 heterocycles. The van der Waals surface area contributed by atoms with Gasteiger partial charge in [-0.05, 0) is 81.6 Å². The third-order valence-electron chi connectivity index (χ3n) is 10.7. The summed E-state index contributed by atoms with van der Waals surface area (Å²) in [5, 5.41) is 50.0. The van der Waals surface area contributed by atoms with Crippen LogP contribution in [0.25, 0.3) is 11.1 Å². The van der Waals surface area contributed by atoms with Crippen molar-refractivity contribution in [2.45, 2.75) is 44.1 Å². The number of likely N-dealkylation sites (N-methyl/N-ethyl adjacent to an activating group) is 1. The predicted molar refractivity (Wildman–Crippen MR) is 207 cm³/mol. The minimum atomic E-state index is -3.75. The summed E-state index contributed by atoms with van der Waals surface area (Å²) in [5.74, 6) is -8.05. The average molecular weight is 775 g/mol. The van der Waals surface area contributed by atoms with Gasteiger partial charge in [-0.15, -0.1) is 0 Å². The molecule has 1 unspecified atom stereocenters. The Morgan fingerprint density at radius 1 is 1.00 bits per heavy atom. The molecule has 0 saturated heterocycles. The number of carbonyl (C=O) groups is 3. The molecule has 0 radical (unpaired) electrons. The highest BCUT2D eigenvalue weighted by molar-refractivity contribution is 7.54. The molecular weight excluding hydrogens is 727 g/mol. The van der Waals surface area contributed by atoms with Gasteiger partial charge in [-0.25, -0.2) is 0 Å². The smallest absolute Gasteiger partial charge is 0.357 e. The summed E-state index contributed by atoms with van der Waals surface area (Å²) < 4.78 is 25.6. The number of phenols is 1. The fourth-order valence-electron chi connectivity index (χ4n) is 8.35. The molecule has 3 aromatic rings. The van der Waals surface area contributed by atoms with Gasteiger partial charge >= 0.3 is 7.60 Å². The number of fused-ring (bicyclic) bond motifs is 3. The molecule has 14 nitrogen and oxygen atoms in total. The number of para-hydroxylation sites is 1. The second-order valence-corrected chi connectivity index (χ2v) is 16.5. The zero-order valence-corrected chi connectivity index (χ0v) is 32.5. The predicted octanol–water partition coefficient (Wildman–Crippen LogP) is 5.23. The number of nitrogens with one attached hydrogen (secondary N) is 1. The minimum absolute atomic E-state index is 0.0197. The van der Waals surface area contributed by atoms with Crippen molar-refractivity contribution in [3.05, 3.63) is 100 Å². The quantitative estimate of drug-likeness (QED) is 0.103. The monoisotopic (exact) mass is 774 g/mol. The highest BCUT2D eigenvalue weighted by Gasteiger charge is 2.63. The van der Waals surface area contributed by atoms with Crippen LogP contribution in [0.15, 0.2) is 83.3 Å². The fraction of sp³-hybridized carbons (Fsp3) is 0.375. The van der Waals surface area contributed by atoms with E-state index in [-0.39, 0.29) is 48.5 Å². The lowest BCUT2D eigenvalue weighted by molar-refractivity contribution is -0.148. The number of nitrogens with two attached hydrogens (primary N) is 1. The van der Waals surface area contributed by atoms with Gasteiger partial charge in [0.2, 0.25) is 5.78 Å². The van der Waals surface area contributed by atoms with Crippen molar-refractivity contribution >= 4 is 36.4 Å². The molecule has 292 valence electrons. The number of allylic oxidation sites excluding steroid dienone is 1. The third-order valence-corrected chi connectivity index (χ3v) is 13.0. The van der Waals surface area contributed by atoms with Crippen molar-refractivity contribution in [1.29, 1.82) is 0 Å². The van der Waals surface area contributed by atoms with Gasteiger partial charge in [0.05, 0.1) is 24.8 Å². The number of hydrogen-bond donors (Lipinski definition) is 6. The number of phenolic OH excluding ortho intramolecular Hbond substituents is 1. The Bertz CT molecular complexity index is 2140. The van der Waals surface area contributed by atoms with Gasteiger partial charge < -0.3 is 45.4 Å². The summed E-state index contributed by atoms with van der Waals surface area (Å²) in [4.78, 5) is 44.0. The first-order valence-electron chi connectivity index (χ1n) is 18.0. The Balaban J connectivity index is 1.46. The molecular formula is C40H47N4O10P. The van der Waals surface area contributed by atoms with Crippen molar-refractivity contribution in [1.82, 2.24) is 4.90 Å². The standard InChI is InChI=1S/C40H47N4O10P/c1-7-53-55(52,54-8-2)39(42-24-12-10-9-11-13-24)22-16-14-21(15-17-22)25-20-28(43(3)4)26-18-23-19-27-32(44(5)6)35(47)31(38(41)50)37(49)40(27,51)36(48)29(23)34(46)30(26)33(25)45/h9-17,20,23,27,32,39,42,45,47-48,51H,7-8,18-19H2,1-6H3,(H2,41,50)/t23-,27-,32+,39?,40-/m0/s1. The van der Waals surface area contributed by atoms with Crippen molar-refractivity contribution < 1.29 is 48.4 Å². The summed E-state index contributed by atoms with van der Waals surface area (Å²) in [7, 11) is 3.00. The summed E-state index contributed by atoms with van der Waals surface area (Å²) >= 11 is 0. The van der Waals surface area contributed by atoms with Crippen LogP contribution in [0, 0.1) is 11.8 Å². The summed E-state index contributed by atoms with van der Waals surface area (Å²) in [6.45, 7) is 3.75. The van der Waals surface area contributed by atoms with Gasteiger partial charge in [0.1, 0.15) is 22.8 Å². The number of aliphatic hydroxyl groups excluding tert-OH is 2. The molecule has 1 amide bonds. The maximum Gasteiger partial charge on any atom is 0.357 e. The van der Waals surface area contributed by atoms with Crippen molar-refractivity contribution in [2.75, 3.05) is 51.6 Å². The van der Waals surface area contributed by atoms with E-state index in [2.05, 4.69) is 5.32 Å². The van der Waals surface area contributed by atoms with Crippen LogP contribution in [0.5, 0.6) is 5.75 Å². The number of Topliss-reactive ketones (excluding diaryl/α,β-unsaturated/α-hetero) is 2. The van der Waals surface area contributed by atoms with Crippen LogP contribution in [-0.4, -0.2) is 95.8 Å². The molecule has 0 saturated carbocycles. The van der Waals surface area contributed by atoms with Crippen LogP contribution in [0.3, 0.4) is 0 Å². The van der Waals surface area contributed by atoms with Gasteiger partial charge in [0, 0.05) is 42.5 Å². The van der Waals surface area contributed by atoms with Crippen LogP contribution < -0.4 is 16.0 Å². The molecule has 0 bridgehead atoms. The van der Waals surface area contributed by atoms with Gasteiger partial charge in [-0.3, -0.25) is 23.8 Å². The van der Waals surface area contributed by atoms with Crippen LogP contribution >= 0.6 is 7.60 Å². The molecule has 5 atom stereocenters. The number of benzene rings is 3. The maximum atomic E-state index is 14.6. The molecule has 6 rings (SSSR count). The number of aliphatic hydroxyl groups is 3.